The van der Waals surface area contributed by atoms with Crippen LogP contribution in [0.3, 0.4) is 0 Å². The first kappa shape index (κ1) is 28.6. The lowest BCUT2D eigenvalue weighted by Gasteiger charge is -2.38. The SMILES string of the molecule is CCN=C(C=CCCN1CC(C)NC(C)C1)N1CCC(NC(=O)C2CCCC(c3cc#cnc3)C2C)CC1. The summed E-state index contributed by atoms with van der Waals surface area (Å²) in [5.41, 5.74) is 1.19. The first-order chi connectivity index (χ1) is 18.4. The third-order valence-corrected chi connectivity index (χ3v) is 8.64. The standard InChI is InChI=1S/C31H48N6O/c1-5-33-30(13-6-7-17-36-21-23(2)34-24(3)22-36)37-18-14-27(15-19-37)35-31(38)29-12-8-11-28(25(29)4)26-10-9-16-32-20-26/h6,10,13,20,23-25,27-29,34H,5,7-8,11-12,14-15,17-19,21-22H2,1-4H3,(H,35,38). The van der Waals surface area contributed by atoms with Gasteiger partial charge in [0, 0.05) is 75.7 Å². The van der Waals surface area contributed by atoms with Gasteiger partial charge in [-0.1, -0.05) is 19.4 Å². The molecule has 0 aromatic carbocycles. The number of aromatic nitrogens is 1. The van der Waals surface area contributed by atoms with Gasteiger partial charge in [-0.25, -0.2) is 4.98 Å². The van der Waals surface area contributed by atoms with Crippen LogP contribution in [0, 0.1) is 24.1 Å². The van der Waals surface area contributed by atoms with Crippen molar-refractivity contribution >= 4 is 11.7 Å². The first-order valence-electron chi connectivity index (χ1n) is 14.9. The van der Waals surface area contributed by atoms with E-state index in [0.29, 0.717) is 23.9 Å². The zero-order chi connectivity index (χ0) is 26.9. The summed E-state index contributed by atoms with van der Waals surface area (Å²) < 4.78 is 0. The van der Waals surface area contributed by atoms with Gasteiger partial charge in [0.15, 0.2) is 0 Å². The smallest absolute Gasteiger partial charge is 0.223 e. The number of nitrogens with zero attached hydrogens (tertiary/aromatic N) is 4. The Kier molecular flexibility index (Phi) is 10.6. The summed E-state index contributed by atoms with van der Waals surface area (Å²) in [7, 11) is 0. The van der Waals surface area contributed by atoms with Gasteiger partial charge >= 0.3 is 0 Å². The molecule has 3 fully saturated rings. The maximum Gasteiger partial charge on any atom is 0.223 e. The monoisotopic (exact) mass is 520 g/mol. The van der Waals surface area contributed by atoms with E-state index in [1.165, 1.54) is 5.56 Å². The van der Waals surface area contributed by atoms with Crippen LogP contribution < -0.4 is 10.6 Å². The molecular weight excluding hydrogens is 472 g/mol. The van der Waals surface area contributed by atoms with Gasteiger partial charge < -0.3 is 15.5 Å². The predicted octanol–water partition coefficient (Wildman–Crippen LogP) is 3.83. The van der Waals surface area contributed by atoms with Crippen LogP contribution in [0.2, 0.25) is 0 Å². The maximum absolute atomic E-state index is 13.3. The Morgan fingerprint density at radius 1 is 1.18 bits per heavy atom. The third kappa shape index (κ3) is 7.80. The van der Waals surface area contributed by atoms with Gasteiger partial charge in [-0.2, -0.15) is 0 Å². The summed E-state index contributed by atoms with van der Waals surface area (Å²) in [4.78, 5) is 27.2. The molecule has 38 heavy (non-hydrogen) atoms. The summed E-state index contributed by atoms with van der Waals surface area (Å²) in [6, 6.07) is 6.33. The molecule has 1 amide bonds. The molecule has 1 saturated carbocycles. The van der Waals surface area contributed by atoms with Crippen LogP contribution in [-0.2, 0) is 4.79 Å². The van der Waals surface area contributed by atoms with Crippen LogP contribution >= 0.6 is 0 Å². The number of amidine groups is 1. The van der Waals surface area contributed by atoms with Crippen LogP contribution in [0.15, 0.2) is 29.4 Å². The van der Waals surface area contributed by atoms with Crippen LogP contribution in [-0.4, -0.2) is 83.9 Å². The van der Waals surface area contributed by atoms with Crippen molar-refractivity contribution in [2.45, 2.75) is 90.3 Å². The number of hydrogen-bond donors (Lipinski definition) is 2. The number of likely N-dealkylation sites (tertiary alicyclic amines) is 1. The molecule has 2 aliphatic heterocycles. The molecule has 1 aliphatic carbocycles. The lowest BCUT2D eigenvalue weighted by atomic mass is 9.70. The molecule has 5 atom stereocenters. The van der Waals surface area contributed by atoms with Gasteiger partial charge in [0.05, 0.1) is 0 Å². The second-order valence-corrected chi connectivity index (χ2v) is 11.7. The predicted molar refractivity (Wildman–Crippen MR) is 154 cm³/mol. The summed E-state index contributed by atoms with van der Waals surface area (Å²) in [5, 5.41) is 7.02. The molecule has 0 radical (unpaired) electrons. The highest BCUT2D eigenvalue weighted by atomic mass is 16.2. The van der Waals surface area contributed by atoms with Crippen LogP contribution in [0.4, 0.5) is 0 Å². The van der Waals surface area contributed by atoms with E-state index >= 15 is 0 Å². The molecule has 208 valence electrons. The fourth-order valence-corrected chi connectivity index (χ4v) is 6.75. The van der Waals surface area contributed by atoms with Crippen LogP contribution in [0.25, 0.3) is 0 Å². The number of rotatable bonds is 8. The minimum atomic E-state index is 0.0674. The van der Waals surface area contributed by atoms with Crippen molar-refractivity contribution in [1.29, 1.82) is 0 Å². The molecule has 3 heterocycles. The van der Waals surface area contributed by atoms with Gasteiger partial charge in [0.2, 0.25) is 5.91 Å². The molecule has 2 saturated heterocycles. The lowest BCUT2D eigenvalue weighted by Crippen LogP contribution is -2.54. The van der Waals surface area contributed by atoms with E-state index in [1.54, 1.807) is 0 Å². The van der Waals surface area contributed by atoms with Gasteiger partial charge in [0.25, 0.3) is 0 Å². The van der Waals surface area contributed by atoms with E-state index in [0.717, 1.165) is 83.6 Å². The number of amides is 1. The lowest BCUT2D eigenvalue weighted by molar-refractivity contribution is -0.128. The molecule has 0 bridgehead atoms. The molecule has 0 spiro atoms. The van der Waals surface area contributed by atoms with E-state index in [1.807, 2.05) is 12.3 Å². The molecule has 7 heteroatoms. The van der Waals surface area contributed by atoms with Gasteiger partial charge in [-0.15, -0.1) is 0 Å². The number of nitrogens with one attached hydrogen (secondary N) is 2. The molecular formula is C31H48N6O. The van der Waals surface area contributed by atoms with Crippen molar-refractivity contribution in [3.05, 3.63) is 42.2 Å². The minimum absolute atomic E-state index is 0.0674. The molecule has 5 unspecified atom stereocenters. The normalized spacial score (nSPS) is 29.8. The summed E-state index contributed by atoms with van der Waals surface area (Å²) >= 11 is 0. The topological polar surface area (TPSA) is 72.9 Å². The number of hydrogen-bond acceptors (Lipinski definition) is 5. The molecule has 2 N–H and O–H groups in total. The maximum atomic E-state index is 13.3. The van der Waals surface area contributed by atoms with Crippen molar-refractivity contribution in [2.24, 2.45) is 16.8 Å². The fraction of sp³-hybridized carbons (Fsp3) is 0.710. The molecule has 7 nitrogen and oxygen atoms in total. The average Bonchev–Trinajstić information content (AvgIpc) is 2.91. The highest BCUT2D eigenvalue weighted by Crippen LogP contribution is 2.41. The summed E-state index contributed by atoms with van der Waals surface area (Å²) in [6.07, 6.45) is 15.3. The number of piperazine rings is 1. The first-order valence-corrected chi connectivity index (χ1v) is 14.9. The van der Waals surface area contributed by atoms with Crippen molar-refractivity contribution in [1.82, 2.24) is 25.4 Å². The Balaban J connectivity index is 1.23. The highest BCUT2D eigenvalue weighted by molar-refractivity contribution is 5.93. The van der Waals surface area contributed by atoms with Crippen LogP contribution in [0.5, 0.6) is 0 Å². The number of carbonyl (C=O) groups excluding carboxylic acids is 1. The van der Waals surface area contributed by atoms with E-state index in [9.17, 15) is 4.79 Å². The fourth-order valence-electron chi connectivity index (χ4n) is 6.75. The van der Waals surface area contributed by atoms with E-state index in [2.05, 4.69) is 77.5 Å². The Bertz CT molecular complexity index is 916. The number of carbonyl (C=O) groups is 1. The summed E-state index contributed by atoms with van der Waals surface area (Å²) in [6.45, 7) is 14.9. The third-order valence-electron chi connectivity index (χ3n) is 8.64. The minimum Gasteiger partial charge on any atom is -0.357 e. The van der Waals surface area contributed by atoms with Crippen molar-refractivity contribution < 1.29 is 4.79 Å². The second-order valence-electron chi connectivity index (χ2n) is 11.7. The Morgan fingerprint density at radius 3 is 2.63 bits per heavy atom. The Labute approximate surface area is 230 Å². The van der Waals surface area contributed by atoms with E-state index < -0.39 is 0 Å². The van der Waals surface area contributed by atoms with Gasteiger partial charge in [-0.05, 0) is 88.5 Å². The zero-order valence-corrected chi connectivity index (χ0v) is 24.0. The van der Waals surface area contributed by atoms with Gasteiger partial charge in [0.1, 0.15) is 5.84 Å². The number of piperidine rings is 1. The molecule has 1 aromatic heterocycles. The summed E-state index contributed by atoms with van der Waals surface area (Å²) in [5.74, 6) is 2.07. The molecule has 3 aliphatic rings. The van der Waals surface area contributed by atoms with Crippen LogP contribution in [0.1, 0.15) is 77.7 Å². The zero-order valence-electron chi connectivity index (χ0n) is 24.0. The number of aliphatic imine (C=N–C) groups is 1. The second kappa shape index (κ2) is 14.1. The van der Waals surface area contributed by atoms with Crippen molar-refractivity contribution in [2.75, 3.05) is 39.3 Å². The largest absolute Gasteiger partial charge is 0.357 e. The molecule has 4 rings (SSSR count). The Morgan fingerprint density at radius 2 is 1.95 bits per heavy atom. The molecule has 1 aromatic rings. The quantitative estimate of drug-likeness (QED) is 0.403. The van der Waals surface area contributed by atoms with Crippen molar-refractivity contribution in [3.63, 3.8) is 0 Å². The average molecular weight is 521 g/mol. The van der Waals surface area contributed by atoms with E-state index in [-0.39, 0.29) is 17.9 Å². The van der Waals surface area contributed by atoms with Gasteiger partial charge in [-0.3, -0.25) is 14.7 Å². The van der Waals surface area contributed by atoms with E-state index in [4.69, 9.17) is 4.99 Å². The Hall–Kier alpha value is -2.43. The van der Waals surface area contributed by atoms with Crippen molar-refractivity contribution in [3.8, 4) is 0 Å². The highest BCUT2D eigenvalue weighted by Gasteiger charge is 2.36.